The molecule has 0 saturated carbocycles. The van der Waals surface area contributed by atoms with Crippen LogP contribution in [0.1, 0.15) is 24.0 Å². The summed E-state index contributed by atoms with van der Waals surface area (Å²) in [6, 6.07) is 9.09. The molecular formula is C10H13Cl3Si. The average Bonchev–Trinajstić information content (AvgIpc) is 2.16. The van der Waals surface area contributed by atoms with Crippen LogP contribution in [0.25, 0.3) is 0 Å². The van der Waals surface area contributed by atoms with Gasteiger partial charge in [0.2, 0.25) is 7.42 Å². The van der Waals surface area contributed by atoms with Gasteiger partial charge in [0.05, 0.1) is 0 Å². The van der Waals surface area contributed by atoms with Crippen molar-refractivity contribution in [3.8, 4) is 0 Å². The Morgan fingerprint density at radius 1 is 1.29 bits per heavy atom. The molecule has 1 aromatic carbocycles. The first-order valence-corrected chi connectivity index (χ1v) is 9.41. The summed E-state index contributed by atoms with van der Waals surface area (Å²) in [6.07, 6.45) is 0. The second kappa shape index (κ2) is 6.01. The van der Waals surface area contributed by atoms with Crippen molar-refractivity contribution >= 4 is 41.2 Å². The Balaban J connectivity index is 2.82. The average molecular weight is 268 g/mol. The molecule has 0 aliphatic rings. The van der Waals surface area contributed by atoms with E-state index in [4.69, 9.17) is 33.8 Å². The highest BCUT2D eigenvalue weighted by atomic mass is 35.7. The van der Waals surface area contributed by atoms with E-state index >= 15 is 0 Å². The summed E-state index contributed by atoms with van der Waals surface area (Å²) in [7, 11) is -1.53. The maximum absolute atomic E-state index is 5.89. The molecule has 0 aliphatic carbocycles. The Bertz CT molecular complexity index is 288. The molecule has 0 heterocycles. The van der Waals surface area contributed by atoms with E-state index in [2.05, 4.69) is 19.1 Å². The van der Waals surface area contributed by atoms with E-state index in [-0.39, 0.29) is 0 Å². The highest BCUT2D eigenvalue weighted by molar-refractivity contribution is 7.33. The van der Waals surface area contributed by atoms with Crippen LogP contribution in [0.4, 0.5) is 0 Å². The molecule has 1 aromatic rings. The van der Waals surface area contributed by atoms with Crippen molar-refractivity contribution in [3.05, 3.63) is 35.4 Å². The normalized spacial score (nSPS) is 13.2. The van der Waals surface area contributed by atoms with Gasteiger partial charge >= 0.3 is 0 Å². The molecule has 0 aliphatic heterocycles. The minimum Gasteiger partial charge on any atom is -0.150 e. The zero-order valence-corrected chi connectivity index (χ0v) is 11.4. The van der Waals surface area contributed by atoms with Crippen molar-refractivity contribution < 1.29 is 0 Å². The van der Waals surface area contributed by atoms with E-state index in [1.165, 1.54) is 11.1 Å². The predicted molar refractivity (Wildman–Crippen MR) is 68.1 cm³/mol. The van der Waals surface area contributed by atoms with Crippen molar-refractivity contribution in [2.45, 2.75) is 24.8 Å². The molecule has 0 nitrogen and oxygen atoms in total. The first kappa shape index (κ1) is 12.4. The Kier molecular flexibility index (Phi) is 5.32. The number of benzene rings is 1. The third-order valence-electron chi connectivity index (χ3n) is 2.26. The molecule has 0 bridgehead atoms. The van der Waals surface area contributed by atoms with Crippen LogP contribution in [0.5, 0.6) is 0 Å². The quantitative estimate of drug-likeness (QED) is 0.435. The molecule has 14 heavy (non-hydrogen) atoms. The molecule has 4 heteroatoms. The molecule has 0 radical (unpaired) electrons. The summed E-state index contributed by atoms with van der Waals surface area (Å²) in [6.45, 7) is 2.15. The van der Waals surface area contributed by atoms with Crippen LogP contribution < -0.4 is 0 Å². The standard InChI is InChI=1S/C10H13Cl3Si/c1-8(7-14(12)13)10-5-3-2-4-9(10)6-11/h2-5,8,14H,6-7H2,1H3. The fourth-order valence-electron chi connectivity index (χ4n) is 1.53. The first-order valence-electron chi connectivity index (χ1n) is 4.57. The van der Waals surface area contributed by atoms with Gasteiger partial charge in [-0.3, -0.25) is 0 Å². The molecule has 1 unspecified atom stereocenters. The molecule has 0 N–H and O–H groups in total. The molecule has 0 spiro atoms. The van der Waals surface area contributed by atoms with Gasteiger partial charge in [-0.05, 0) is 23.1 Å². The molecule has 78 valence electrons. The van der Waals surface area contributed by atoms with Crippen LogP contribution in [0, 0.1) is 0 Å². The first-order chi connectivity index (χ1) is 6.65. The van der Waals surface area contributed by atoms with Gasteiger partial charge in [-0.15, -0.1) is 11.6 Å². The summed E-state index contributed by atoms with van der Waals surface area (Å²) < 4.78 is 0. The van der Waals surface area contributed by atoms with Crippen molar-refractivity contribution in [3.63, 3.8) is 0 Å². The minimum atomic E-state index is -1.53. The van der Waals surface area contributed by atoms with Gasteiger partial charge in [-0.25, -0.2) is 0 Å². The lowest BCUT2D eigenvalue weighted by atomic mass is 9.98. The molecule has 1 atom stereocenters. The topological polar surface area (TPSA) is 0 Å². The maximum atomic E-state index is 5.89. The zero-order valence-electron chi connectivity index (χ0n) is 8.01. The highest BCUT2D eigenvalue weighted by Crippen LogP contribution is 2.27. The van der Waals surface area contributed by atoms with E-state index in [1.807, 2.05) is 12.1 Å². The van der Waals surface area contributed by atoms with Crippen molar-refractivity contribution in [1.29, 1.82) is 0 Å². The van der Waals surface area contributed by atoms with Gasteiger partial charge in [0, 0.05) is 5.88 Å². The maximum Gasteiger partial charge on any atom is 0.237 e. The lowest BCUT2D eigenvalue weighted by molar-refractivity contribution is 0.849. The summed E-state index contributed by atoms with van der Waals surface area (Å²) in [5.74, 6) is 0.966. The molecule has 0 amide bonds. The second-order valence-corrected chi connectivity index (χ2v) is 8.71. The zero-order chi connectivity index (χ0) is 10.6. The van der Waals surface area contributed by atoms with Crippen LogP contribution in [0.15, 0.2) is 24.3 Å². The Morgan fingerprint density at radius 2 is 1.93 bits per heavy atom. The van der Waals surface area contributed by atoms with E-state index in [1.54, 1.807) is 0 Å². The van der Waals surface area contributed by atoms with E-state index in [0.717, 1.165) is 6.04 Å². The highest BCUT2D eigenvalue weighted by Gasteiger charge is 2.14. The van der Waals surface area contributed by atoms with Gasteiger partial charge in [-0.1, -0.05) is 31.2 Å². The van der Waals surface area contributed by atoms with Crippen LogP contribution in [0.2, 0.25) is 6.04 Å². The summed E-state index contributed by atoms with van der Waals surface area (Å²) >= 11 is 17.6. The van der Waals surface area contributed by atoms with E-state index < -0.39 is 7.42 Å². The van der Waals surface area contributed by atoms with E-state index in [9.17, 15) is 0 Å². The summed E-state index contributed by atoms with van der Waals surface area (Å²) in [5.41, 5.74) is 2.46. The largest absolute Gasteiger partial charge is 0.237 e. The molecule has 0 aromatic heterocycles. The van der Waals surface area contributed by atoms with Gasteiger partial charge in [0.1, 0.15) is 0 Å². The van der Waals surface area contributed by atoms with Gasteiger partial charge in [0.15, 0.2) is 0 Å². The molecule has 0 saturated heterocycles. The fraction of sp³-hybridized carbons (Fsp3) is 0.400. The van der Waals surface area contributed by atoms with Crippen LogP contribution in [-0.2, 0) is 5.88 Å². The number of hydrogen-bond acceptors (Lipinski definition) is 0. The molecular weight excluding hydrogens is 255 g/mol. The van der Waals surface area contributed by atoms with Crippen molar-refractivity contribution in [1.82, 2.24) is 0 Å². The van der Waals surface area contributed by atoms with Crippen LogP contribution in [-0.4, -0.2) is 7.42 Å². The minimum absolute atomic E-state index is 0.414. The fourth-order valence-corrected chi connectivity index (χ4v) is 4.17. The van der Waals surface area contributed by atoms with Crippen molar-refractivity contribution in [2.24, 2.45) is 0 Å². The number of halogens is 3. The number of rotatable bonds is 4. The predicted octanol–water partition coefficient (Wildman–Crippen LogP) is 4.23. The van der Waals surface area contributed by atoms with Crippen LogP contribution in [0.3, 0.4) is 0 Å². The SMILES string of the molecule is CC(C[SiH](Cl)Cl)c1ccccc1CCl. The van der Waals surface area contributed by atoms with Crippen LogP contribution >= 0.6 is 33.8 Å². The molecule has 1 rings (SSSR count). The lowest BCUT2D eigenvalue weighted by Gasteiger charge is -2.14. The monoisotopic (exact) mass is 266 g/mol. The Morgan fingerprint density at radius 3 is 2.50 bits per heavy atom. The van der Waals surface area contributed by atoms with Crippen molar-refractivity contribution in [2.75, 3.05) is 0 Å². The summed E-state index contributed by atoms with van der Waals surface area (Å²) in [4.78, 5) is 0. The lowest BCUT2D eigenvalue weighted by Crippen LogP contribution is -2.03. The number of alkyl halides is 1. The number of hydrogen-bond donors (Lipinski definition) is 0. The van der Waals surface area contributed by atoms with Gasteiger partial charge in [0.25, 0.3) is 0 Å². The third-order valence-corrected chi connectivity index (χ3v) is 4.68. The molecule has 0 fully saturated rings. The summed E-state index contributed by atoms with van der Waals surface area (Å²) in [5, 5.41) is 0. The smallest absolute Gasteiger partial charge is 0.150 e. The van der Waals surface area contributed by atoms with Gasteiger partial charge < -0.3 is 0 Å². The Hall–Kier alpha value is 0.307. The third kappa shape index (κ3) is 3.47. The van der Waals surface area contributed by atoms with E-state index in [0.29, 0.717) is 11.8 Å². The second-order valence-electron chi connectivity index (χ2n) is 3.36. The van der Waals surface area contributed by atoms with Gasteiger partial charge in [-0.2, -0.15) is 22.2 Å². The Labute approximate surface area is 101 Å².